The highest BCUT2D eigenvalue weighted by Gasteiger charge is 2.30. The highest BCUT2D eigenvalue weighted by Crippen LogP contribution is 2.26. The predicted molar refractivity (Wildman–Crippen MR) is 66.1 cm³/mol. The Morgan fingerprint density at radius 3 is 2.37 bits per heavy atom. The summed E-state index contributed by atoms with van der Waals surface area (Å²) in [5, 5.41) is 9.09. The normalized spacial score (nSPS) is 11.5. The average Bonchev–Trinajstić information content (AvgIpc) is 2.85. The number of aromatic carboxylic acids is 1. The molecule has 0 aliphatic carbocycles. The third kappa shape index (κ3) is 2.34. The number of aromatic nitrogens is 1. The number of rotatable bonds is 4. The van der Waals surface area contributed by atoms with Crippen LogP contribution >= 0.6 is 0 Å². The Kier molecular flexibility index (Phi) is 3.11. The van der Waals surface area contributed by atoms with Crippen LogP contribution in [-0.2, 0) is 10.0 Å². The summed E-state index contributed by atoms with van der Waals surface area (Å²) in [4.78, 5) is 13.0. The van der Waals surface area contributed by atoms with Gasteiger partial charge in [0, 0.05) is 12.4 Å². The molecule has 102 valence electrons. The lowest BCUT2D eigenvalue weighted by atomic mass is 10.2. The lowest BCUT2D eigenvalue weighted by Gasteiger charge is -2.08. The van der Waals surface area contributed by atoms with Crippen molar-refractivity contribution in [2.24, 2.45) is 0 Å². The molecule has 2 aromatic rings. The Hall–Kier alpha value is -2.22. The van der Waals surface area contributed by atoms with E-state index in [1.165, 1.54) is 30.9 Å². The van der Waals surface area contributed by atoms with Crippen LogP contribution in [-0.4, -0.2) is 24.2 Å². The first-order valence-electron chi connectivity index (χ1n) is 5.32. The summed E-state index contributed by atoms with van der Waals surface area (Å²) in [6.07, 6.45) is 2.97. The van der Waals surface area contributed by atoms with Crippen molar-refractivity contribution in [2.75, 3.05) is 4.83 Å². The van der Waals surface area contributed by atoms with Gasteiger partial charge in [0.15, 0.2) is 0 Å². The topological polar surface area (TPSA) is 102 Å². The SMILES string of the molecule is Cc1oc(C)c(S(=O)(=O)Nn2cccc2)c1C(=O)O. The lowest BCUT2D eigenvalue weighted by molar-refractivity contribution is 0.0691. The molecule has 0 saturated carbocycles. The number of carboxylic acids is 1. The van der Waals surface area contributed by atoms with E-state index in [2.05, 4.69) is 4.83 Å². The zero-order valence-corrected chi connectivity index (χ0v) is 11.1. The molecular weight excluding hydrogens is 272 g/mol. The molecule has 0 fully saturated rings. The molecule has 0 atom stereocenters. The molecule has 0 radical (unpaired) electrons. The zero-order chi connectivity index (χ0) is 14.2. The van der Waals surface area contributed by atoms with Crippen LogP contribution in [0.4, 0.5) is 0 Å². The first-order valence-corrected chi connectivity index (χ1v) is 6.80. The number of nitrogens with zero attached hydrogens (tertiary/aromatic N) is 1. The van der Waals surface area contributed by atoms with Crippen molar-refractivity contribution in [3.05, 3.63) is 41.6 Å². The van der Waals surface area contributed by atoms with Gasteiger partial charge >= 0.3 is 5.97 Å². The number of hydrogen-bond donors (Lipinski definition) is 2. The summed E-state index contributed by atoms with van der Waals surface area (Å²) >= 11 is 0. The first-order chi connectivity index (χ1) is 8.83. The Morgan fingerprint density at radius 1 is 1.26 bits per heavy atom. The smallest absolute Gasteiger partial charge is 0.340 e. The van der Waals surface area contributed by atoms with Crippen molar-refractivity contribution in [3.8, 4) is 0 Å². The van der Waals surface area contributed by atoms with Crippen molar-refractivity contribution in [1.29, 1.82) is 0 Å². The van der Waals surface area contributed by atoms with Crippen molar-refractivity contribution in [2.45, 2.75) is 18.7 Å². The van der Waals surface area contributed by atoms with Crippen molar-refractivity contribution in [1.82, 2.24) is 4.68 Å². The molecule has 0 bridgehead atoms. The standard InChI is InChI=1S/C11H12N2O5S/c1-7-9(11(14)15)10(8(2)18-7)19(16,17)12-13-5-3-4-6-13/h3-6,12H,1-2H3,(H,14,15). The van der Waals surface area contributed by atoms with Gasteiger partial charge in [0.1, 0.15) is 22.0 Å². The summed E-state index contributed by atoms with van der Waals surface area (Å²) in [5.41, 5.74) is -0.350. The second-order valence-electron chi connectivity index (χ2n) is 3.91. The largest absolute Gasteiger partial charge is 0.478 e. The van der Waals surface area contributed by atoms with E-state index in [0.717, 1.165) is 0 Å². The highest BCUT2D eigenvalue weighted by atomic mass is 32.2. The van der Waals surface area contributed by atoms with Gasteiger partial charge < -0.3 is 9.52 Å². The van der Waals surface area contributed by atoms with Crippen LogP contribution in [0.5, 0.6) is 0 Å². The van der Waals surface area contributed by atoms with Crippen LogP contribution in [0.3, 0.4) is 0 Å². The van der Waals surface area contributed by atoms with Crippen molar-refractivity contribution < 1.29 is 22.7 Å². The van der Waals surface area contributed by atoms with Crippen molar-refractivity contribution in [3.63, 3.8) is 0 Å². The molecule has 0 amide bonds. The van der Waals surface area contributed by atoms with Crippen LogP contribution in [0.25, 0.3) is 0 Å². The van der Waals surface area contributed by atoms with Crippen LogP contribution < -0.4 is 4.83 Å². The minimum Gasteiger partial charge on any atom is -0.478 e. The summed E-state index contributed by atoms with van der Waals surface area (Å²) < 4.78 is 30.7. The predicted octanol–water partition coefficient (Wildman–Crippen LogP) is 1.33. The van der Waals surface area contributed by atoms with Gasteiger partial charge in [-0.15, -0.1) is 0 Å². The monoisotopic (exact) mass is 284 g/mol. The van der Waals surface area contributed by atoms with Crippen LogP contribution in [0.15, 0.2) is 33.8 Å². The molecule has 2 heterocycles. The molecule has 0 saturated heterocycles. The van der Waals surface area contributed by atoms with E-state index < -0.39 is 16.0 Å². The van der Waals surface area contributed by atoms with Gasteiger partial charge in [-0.3, -0.25) is 4.68 Å². The molecule has 2 aromatic heterocycles. The van der Waals surface area contributed by atoms with E-state index in [-0.39, 0.29) is 22.0 Å². The fourth-order valence-electron chi connectivity index (χ4n) is 1.81. The third-order valence-corrected chi connectivity index (χ3v) is 4.00. The maximum atomic E-state index is 12.2. The molecule has 0 aliphatic heterocycles. The number of sulfonamides is 1. The third-order valence-electron chi connectivity index (χ3n) is 2.52. The van der Waals surface area contributed by atoms with Gasteiger partial charge in [-0.1, -0.05) is 0 Å². The first kappa shape index (κ1) is 13.2. The zero-order valence-electron chi connectivity index (χ0n) is 10.2. The van der Waals surface area contributed by atoms with Gasteiger partial charge in [0.05, 0.1) is 0 Å². The number of carboxylic acid groups (broad SMARTS) is 1. The van der Waals surface area contributed by atoms with E-state index in [4.69, 9.17) is 9.52 Å². The molecule has 0 unspecified atom stereocenters. The number of nitrogens with one attached hydrogen (secondary N) is 1. The summed E-state index contributed by atoms with van der Waals surface area (Å²) in [6.45, 7) is 2.81. The number of carbonyl (C=O) groups is 1. The fraction of sp³-hybridized carbons (Fsp3) is 0.182. The molecular formula is C11H12N2O5S. The molecule has 19 heavy (non-hydrogen) atoms. The van der Waals surface area contributed by atoms with E-state index >= 15 is 0 Å². The number of furan rings is 1. The number of aryl methyl sites for hydroxylation is 2. The summed E-state index contributed by atoms with van der Waals surface area (Å²) in [7, 11) is -4.03. The summed E-state index contributed by atoms with van der Waals surface area (Å²) in [6, 6.07) is 3.27. The molecule has 0 aliphatic rings. The molecule has 7 nitrogen and oxygen atoms in total. The van der Waals surface area contributed by atoms with Crippen LogP contribution in [0.2, 0.25) is 0 Å². The van der Waals surface area contributed by atoms with Gasteiger partial charge in [0.25, 0.3) is 10.0 Å². The molecule has 2 rings (SSSR count). The Bertz CT molecular complexity index is 713. The molecule has 0 spiro atoms. The Balaban J connectivity index is 2.55. The molecule has 2 N–H and O–H groups in total. The quantitative estimate of drug-likeness (QED) is 0.881. The minimum absolute atomic E-state index is 0.0366. The van der Waals surface area contributed by atoms with Crippen molar-refractivity contribution >= 4 is 16.0 Å². The molecule has 8 heteroatoms. The molecule has 0 aromatic carbocycles. The maximum absolute atomic E-state index is 12.2. The van der Waals surface area contributed by atoms with Gasteiger partial charge in [-0.05, 0) is 26.0 Å². The van der Waals surface area contributed by atoms with Gasteiger partial charge in [0.2, 0.25) is 0 Å². The average molecular weight is 284 g/mol. The second-order valence-corrected chi connectivity index (χ2v) is 5.51. The minimum atomic E-state index is -4.03. The summed E-state index contributed by atoms with van der Waals surface area (Å²) in [5.74, 6) is -1.25. The fourth-order valence-corrected chi connectivity index (χ4v) is 3.22. The lowest BCUT2D eigenvalue weighted by Crippen LogP contribution is -2.23. The Labute approximate surface area is 109 Å². The van der Waals surface area contributed by atoms with E-state index in [9.17, 15) is 13.2 Å². The Morgan fingerprint density at radius 2 is 1.84 bits per heavy atom. The van der Waals surface area contributed by atoms with Crippen LogP contribution in [0.1, 0.15) is 21.9 Å². The van der Waals surface area contributed by atoms with Gasteiger partial charge in [-0.2, -0.15) is 8.42 Å². The highest BCUT2D eigenvalue weighted by molar-refractivity contribution is 7.92. The van der Waals surface area contributed by atoms with Gasteiger partial charge in [-0.25, -0.2) is 9.63 Å². The second kappa shape index (κ2) is 4.47. The number of hydrogen-bond acceptors (Lipinski definition) is 4. The maximum Gasteiger partial charge on any atom is 0.340 e. The van der Waals surface area contributed by atoms with E-state index in [1.54, 1.807) is 12.1 Å². The van der Waals surface area contributed by atoms with E-state index in [1.807, 2.05) is 0 Å². The van der Waals surface area contributed by atoms with E-state index in [0.29, 0.717) is 0 Å². The van der Waals surface area contributed by atoms with Crippen LogP contribution in [0, 0.1) is 13.8 Å².